The summed E-state index contributed by atoms with van der Waals surface area (Å²) in [6.45, 7) is 21.5. The second-order valence-corrected chi connectivity index (χ2v) is 19.6. The van der Waals surface area contributed by atoms with Gasteiger partial charge in [-0.2, -0.15) is 0 Å². The average Bonchev–Trinajstić information content (AvgIpc) is 3.64. The maximum absolute atomic E-state index is 12.6. The normalized spacial score (nSPS) is 51.3. The van der Waals surface area contributed by atoms with E-state index in [1.54, 1.807) is 20.8 Å². The molecule has 278 valence electrons. The van der Waals surface area contributed by atoms with Crippen molar-refractivity contribution in [2.24, 2.45) is 50.7 Å². The summed E-state index contributed by atoms with van der Waals surface area (Å²) in [5, 5.41) is 23.8. The van der Waals surface area contributed by atoms with Gasteiger partial charge in [0.2, 0.25) is 0 Å². The highest BCUT2D eigenvalue weighted by atomic mass is 16.7. The minimum absolute atomic E-state index is 0.0504. The molecular weight excluding hydrogens is 622 g/mol. The molecule has 3 heterocycles. The van der Waals surface area contributed by atoms with Gasteiger partial charge < -0.3 is 33.9 Å². The molecule has 3 aliphatic heterocycles. The number of carbonyl (C=O) groups is 1. The Hall–Kier alpha value is -0.810. The van der Waals surface area contributed by atoms with Crippen molar-refractivity contribution in [3.8, 4) is 0 Å². The van der Waals surface area contributed by atoms with Gasteiger partial charge in [-0.15, -0.1) is 0 Å². The first-order chi connectivity index (χ1) is 23.0. The highest BCUT2D eigenvalue weighted by Crippen LogP contribution is 2.89. The summed E-state index contributed by atoms with van der Waals surface area (Å²) < 4.78 is 31.3. The van der Waals surface area contributed by atoms with E-state index in [-0.39, 0.29) is 64.4 Å². The minimum atomic E-state index is -1.25. The first kappa shape index (κ1) is 35.2. The Labute approximate surface area is 294 Å². The Morgan fingerprint density at radius 1 is 1.04 bits per heavy atom. The van der Waals surface area contributed by atoms with E-state index in [1.807, 2.05) is 0 Å². The summed E-state index contributed by atoms with van der Waals surface area (Å²) in [6, 6.07) is 0.508. The van der Waals surface area contributed by atoms with E-state index in [0.717, 1.165) is 52.2 Å². The molecule has 0 aromatic rings. The van der Waals surface area contributed by atoms with E-state index < -0.39 is 23.9 Å². The van der Waals surface area contributed by atoms with Gasteiger partial charge in [0.15, 0.2) is 12.4 Å². The third-order valence-electron chi connectivity index (χ3n) is 16.9. The van der Waals surface area contributed by atoms with E-state index in [4.69, 9.17) is 23.7 Å². The molecule has 5 aliphatic carbocycles. The molecule has 49 heavy (non-hydrogen) atoms. The van der Waals surface area contributed by atoms with Gasteiger partial charge in [0.1, 0.15) is 0 Å². The Kier molecular flexibility index (Phi) is 8.34. The first-order valence-corrected chi connectivity index (χ1v) is 19.9. The van der Waals surface area contributed by atoms with Crippen LogP contribution in [0.1, 0.15) is 113 Å². The van der Waals surface area contributed by atoms with Crippen LogP contribution in [0.5, 0.6) is 0 Å². The maximum Gasteiger partial charge on any atom is 0.305 e. The minimum Gasteiger partial charge on any atom is -0.457 e. The van der Waals surface area contributed by atoms with Crippen molar-refractivity contribution in [3.63, 3.8) is 0 Å². The number of hydrogen-bond acceptors (Lipinski definition) is 9. The van der Waals surface area contributed by atoms with E-state index in [2.05, 4.69) is 39.5 Å². The second-order valence-electron chi connectivity index (χ2n) is 19.6. The van der Waals surface area contributed by atoms with Gasteiger partial charge in [0.05, 0.1) is 62.4 Å². The zero-order chi connectivity index (χ0) is 34.9. The smallest absolute Gasteiger partial charge is 0.305 e. The molecular formula is C40H65NO8. The first-order valence-electron chi connectivity index (χ1n) is 19.9. The SMILES string of the molecule is CCC(=O)O[C@@H]([C@H]1C[C@@H](C)C2[C@H](O1)[C@H](O)[C@@]1(C)[C@@H]3CCC4C(C)(C)[C@@H](OC5CN(C6COC6)CCO5)CC[C@@]45C[C@@]35CC[C@]21C)C(C)(C)O. The standard InChI is InChI=1S/C40H65NO8/c1-9-29(42)49-34(36(5,6)44)25-18-23(2)31-32(47-25)33(43)38(8)27-11-10-26-35(3,4)28(48-30-19-41(16-17-46-30)24-20-45-21-24)12-13-39(26)22-40(27,39)15-14-37(31,38)7/h23-28,30-34,43-44H,9-22H2,1-8H3/t23-,25-,26?,27+,28+,30?,31?,32+,33+,34+,37-,38-,39-,40+/m1/s1. The molecule has 8 rings (SSSR count). The molecule has 0 aromatic carbocycles. The third-order valence-corrected chi connectivity index (χ3v) is 16.9. The summed E-state index contributed by atoms with van der Waals surface area (Å²) >= 11 is 0. The lowest BCUT2D eigenvalue weighted by atomic mass is 9.41. The van der Waals surface area contributed by atoms with Crippen LogP contribution in [0.15, 0.2) is 0 Å². The van der Waals surface area contributed by atoms with Gasteiger partial charge in [-0.05, 0) is 111 Å². The second kappa shape index (κ2) is 11.6. The summed E-state index contributed by atoms with van der Waals surface area (Å²) in [5.41, 5.74) is -0.949. The molecule has 5 saturated carbocycles. The lowest BCUT2D eigenvalue weighted by molar-refractivity contribution is -0.256. The van der Waals surface area contributed by atoms with Crippen molar-refractivity contribution in [2.75, 3.05) is 32.9 Å². The van der Waals surface area contributed by atoms with Gasteiger partial charge >= 0.3 is 5.97 Å². The van der Waals surface area contributed by atoms with Crippen molar-refractivity contribution in [1.29, 1.82) is 0 Å². The number of aliphatic hydroxyl groups excluding tert-OH is 1. The fourth-order valence-electron chi connectivity index (χ4n) is 14.3. The van der Waals surface area contributed by atoms with E-state index in [0.29, 0.717) is 29.7 Å². The highest BCUT2D eigenvalue weighted by molar-refractivity contribution is 5.69. The molecule has 0 amide bonds. The van der Waals surface area contributed by atoms with Crippen molar-refractivity contribution in [1.82, 2.24) is 4.90 Å². The fraction of sp³-hybridized carbons (Fsp3) is 0.975. The third kappa shape index (κ3) is 4.83. The highest BCUT2D eigenvalue weighted by Gasteiger charge is 2.84. The predicted molar refractivity (Wildman–Crippen MR) is 183 cm³/mol. The van der Waals surface area contributed by atoms with E-state index >= 15 is 0 Å². The van der Waals surface area contributed by atoms with Crippen LogP contribution in [-0.2, 0) is 28.5 Å². The fourth-order valence-corrected chi connectivity index (χ4v) is 14.3. The molecule has 2 spiro atoms. The molecule has 9 heteroatoms. The van der Waals surface area contributed by atoms with Gasteiger partial charge in [0.25, 0.3) is 0 Å². The van der Waals surface area contributed by atoms with Crippen LogP contribution in [0.3, 0.4) is 0 Å². The number of rotatable bonds is 7. The lowest BCUT2D eigenvalue weighted by Crippen LogP contribution is -2.60. The number of carbonyl (C=O) groups excluding carboxylic acids is 1. The maximum atomic E-state index is 12.6. The lowest BCUT2D eigenvalue weighted by Gasteiger charge is -2.64. The Morgan fingerprint density at radius 2 is 1.76 bits per heavy atom. The topological polar surface area (TPSA) is 107 Å². The van der Waals surface area contributed by atoms with Crippen LogP contribution in [-0.4, -0.2) is 102 Å². The summed E-state index contributed by atoms with van der Waals surface area (Å²) in [6.07, 6.45) is 7.02. The quantitative estimate of drug-likeness (QED) is 0.344. The summed E-state index contributed by atoms with van der Waals surface area (Å²) in [5.74, 6) is 1.21. The molecule has 8 fully saturated rings. The van der Waals surface area contributed by atoms with Crippen LogP contribution in [0.2, 0.25) is 0 Å². The number of fused-ring (bicyclic) bond motifs is 4. The van der Waals surface area contributed by atoms with Gasteiger partial charge in [-0.25, -0.2) is 0 Å². The molecule has 3 unspecified atom stereocenters. The monoisotopic (exact) mass is 687 g/mol. The van der Waals surface area contributed by atoms with Crippen molar-refractivity contribution >= 4 is 5.97 Å². The van der Waals surface area contributed by atoms with Crippen LogP contribution in [0, 0.1) is 50.7 Å². The number of ether oxygens (including phenoxy) is 5. The zero-order valence-electron chi connectivity index (χ0n) is 31.5. The average molecular weight is 688 g/mol. The summed E-state index contributed by atoms with van der Waals surface area (Å²) in [4.78, 5) is 15.0. The molecule has 2 N–H and O–H groups in total. The number of esters is 1. The van der Waals surface area contributed by atoms with E-state index in [9.17, 15) is 15.0 Å². The molecule has 3 saturated heterocycles. The molecule has 14 atom stereocenters. The number of morpholine rings is 1. The van der Waals surface area contributed by atoms with Crippen molar-refractivity contribution in [2.45, 2.75) is 162 Å². The zero-order valence-corrected chi connectivity index (χ0v) is 31.5. The molecule has 0 radical (unpaired) electrons. The number of aliphatic hydroxyl groups is 2. The van der Waals surface area contributed by atoms with Crippen LogP contribution < -0.4 is 0 Å². The molecule has 8 aliphatic rings. The molecule has 9 nitrogen and oxygen atoms in total. The Morgan fingerprint density at radius 3 is 2.43 bits per heavy atom. The number of nitrogens with zero attached hydrogens (tertiary/aromatic N) is 1. The van der Waals surface area contributed by atoms with Gasteiger partial charge in [0, 0.05) is 18.4 Å². The Balaban J connectivity index is 1.02. The van der Waals surface area contributed by atoms with Gasteiger partial charge in [-0.1, -0.05) is 41.5 Å². The Bertz CT molecular complexity index is 1300. The largest absolute Gasteiger partial charge is 0.457 e. The molecule has 0 aromatic heterocycles. The van der Waals surface area contributed by atoms with Crippen LogP contribution >= 0.6 is 0 Å². The summed E-state index contributed by atoms with van der Waals surface area (Å²) in [7, 11) is 0. The van der Waals surface area contributed by atoms with Crippen molar-refractivity contribution in [3.05, 3.63) is 0 Å². The van der Waals surface area contributed by atoms with Crippen LogP contribution in [0.25, 0.3) is 0 Å². The predicted octanol–water partition coefficient (Wildman–Crippen LogP) is 5.33. The van der Waals surface area contributed by atoms with Gasteiger partial charge in [-0.3, -0.25) is 9.69 Å². The molecule has 0 bridgehead atoms. The van der Waals surface area contributed by atoms with E-state index in [1.165, 1.54) is 25.7 Å². The number of hydrogen-bond donors (Lipinski definition) is 2. The van der Waals surface area contributed by atoms with Crippen LogP contribution in [0.4, 0.5) is 0 Å². The van der Waals surface area contributed by atoms with Crippen molar-refractivity contribution < 1.29 is 38.7 Å².